The van der Waals surface area contributed by atoms with Gasteiger partial charge in [0.05, 0.1) is 31.2 Å². The second kappa shape index (κ2) is 19.8. The van der Waals surface area contributed by atoms with Gasteiger partial charge in [0.15, 0.2) is 0 Å². The van der Waals surface area contributed by atoms with E-state index in [-0.39, 0.29) is 49.7 Å². The van der Waals surface area contributed by atoms with Crippen LogP contribution in [0.15, 0.2) is 48.5 Å². The number of carbonyl (C=O) groups excluding carboxylic acids is 4. The summed E-state index contributed by atoms with van der Waals surface area (Å²) in [5, 5.41) is 30.1. The first-order valence-corrected chi connectivity index (χ1v) is 19.1. The Labute approximate surface area is 309 Å². The number of amides is 4. The normalized spacial score (nSPS) is 18.1. The standard InChI is InChI=1S/C41H60N4O7/c1-26(2)18-34(40(50)43-33(20-29-12-8-6-9-13-29)37(48)22-39(49)42-23-27(3)4)44-41(51)35(21-30-14-10-7-11-15-30)45(28(5)47)36-25-52-38-17-16-31(24-46)19-32(36)38/h7,10-11,14-17,19,26-27,29,33-37,46,48H,6,8-9,12-13,18,20-25H2,1-5H3,(H,42,49)(H,43,50)(H,44,51)/t33?,34-,35-,36?,37?/m0/s1. The van der Waals surface area contributed by atoms with E-state index >= 15 is 0 Å². The Morgan fingerprint density at radius 1 is 0.904 bits per heavy atom. The number of ether oxygens (including phenoxy) is 1. The van der Waals surface area contributed by atoms with Gasteiger partial charge in [-0.15, -0.1) is 0 Å². The summed E-state index contributed by atoms with van der Waals surface area (Å²) in [6.07, 6.45) is 5.18. The van der Waals surface area contributed by atoms with Gasteiger partial charge in [0.1, 0.15) is 24.4 Å². The molecule has 0 saturated heterocycles. The Morgan fingerprint density at radius 3 is 2.25 bits per heavy atom. The number of aliphatic hydroxyl groups excluding tert-OH is 2. The summed E-state index contributed by atoms with van der Waals surface area (Å²) in [6.45, 7) is 9.81. The summed E-state index contributed by atoms with van der Waals surface area (Å²) in [4.78, 5) is 56.5. The highest BCUT2D eigenvalue weighted by Crippen LogP contribution is 2.38. The third-order valence-corrected chi connectivity index (χ3v) is 10.2. The summed E-state index contributed by atoms with van der Waals surface area (Å²) >= 11 is 0. The van der Waals surface area contributed by atoms with Crippen LogP contribution in [-0.2, 0) is 32.2 Å². The zero-order valence-electron chi connectivity index (χ0n) is 31.6. The van der Waals surface area contributed by atoms with Gasteiger partial charge in [-0.25, -0.2) is 0 Å². The molecule has 1 heterocycles. The van der Waals surface area contributed by atoms with Gasteiger partial charge < -0.3 is 35.8 Å². The molecule has 1 aliphatic carbocycles. The minimum Gasteiger partial charge on any atom is -0.491 e. The molecule has 0 aromatic heterocycles. The van der Waals surface area contributed by atoms with E-state index in [0.29, 0.717) is 42.2 Å². The first-order chi connectivity index (χ1) is 24.9. The fourth-order valence-corrected chi connectivity index (χ4v) is 7.46. The van der Waals surface area contributed by atoms with E-state index in [9.17, 15) is 29.4 Å². The maximum atomic E-state index is 14.5. The van der Waals surface area contributed by atoms with E-state index in [1.165, 1.54) is 18.2 Å². The average molecular weight is 721 g/mol. The lowest BCUT2D eigenvalue weighted by molar-refractivity contribution is -0.143. The molecule has 5 atom stereocenters. The Morgan fingerprint density at radius 2 is 1.62 bits per heavy atom. The Bertz CT molecular complexity index is 1480. The minimum atomic E-state index is -1.10. The van der Waals surface area contributed by atoms with Gasteiger partial charge in [-0.2, -0.15) is 0 Å². The summed E-state index contributed by atoms with van der Waals surface area (Å²) in [5.74, 6) is -0.321. The zero-order valence-corrected chi connectivity index (χ0v) is 31.6. The maximum absolute atomic E-state index is 14.5. The summed E-state index contributed by atoms with van der Waals surface area (Å²) in [7, 11) is 0. The molecular formula is C41H60N4O7. The van der Waals surface area contributed by atoms with Crippen LogP contribution in [0, 0.1) is 17.8 Å². The van der Waals surface area contributed by atoms with Crippen molar-refractivity contribution < 1.29 is 34.1 Å². The topological polar surface area (TPSA) is 157 Å². The molecule has 2 aromatic rings. The van der Waals surface area contributed by atoms with Crippen molar-refractivity contribution in [2.45, 2.75) is 129 Å². The molecule has 1 saturated carbocycles. The number of benzene rings is 2. The van der Waals surface area contributed by atoms with Gasteiger partial charge in [-0.05, 0) is 53.9 Å². The van der Waals surface area contributed by atoms with Crippen LogP contribution in [0.3, 0.4) is 0 Å². The number of aliphatic hydroxyl groups is 2. The number of fused-ring (bicyclic) bond motifs is 1. The molecule has 5 N–H and O–H groups in total. The van der Waals surface area contributed by atoms with Gasteiger partial charge in [0, 0.05) is 25.5 Å². The van der Waals surface area contributed by atoms with Crippen molar-refractivity contribution in [3.63, 3.8) is 0 Å². The molecular weight excluding hydrogens is 660 g/mol. The van der Waals surface area contributed by atoms with Gasteiger partial charge in [-0.3, -0.25) is 19.2 Å². The first kappa shape index (κ1) is 40.8. The summed E-state index contributed by atoms with van der Waals surface area (Å²) in [6, 6.07) is 11.5. The van der Waals surface area contributed by atoms with E-state index in [4.69, 9.17) is 4.74 Å². The lowest BCUT2D eigenvalue weighted by Crippen LogP contribution is -2.58. The number of hydrogen-bond acceptors (Lipinski definition) is 7. The van der Waals surface area contributed by atoms with Crippen LogP contribution in [0.1, 0.15) is 109 Å². The van der Waals surface area contributed by atoms with Crippen LogP contribution < -0.4 is 20.7 Å². The van der Waals surface area contributed by atoms with E-state index < -0.39 is 42.1 Å². The zero-order chi connectivity index (χ0) is 37.8. The van der Waals surface area contributed by atoms with Crippen LogP contribution in [-0.4, -0.2) is 76.1 Å². The van der Waals surface area contributed by atoms with Gasteiger partial charge in [0.2, 0.25) is 23.6 Å². The Balaban J connectivity index is 1.61. The Hall–Kier alpha value is -3.96. The largest absolute Gasteiger partial charge is 0.491 e. The molecule has 0 spiro atoms. The third-order valence-electron chi connectivity index (χ3n) is 10.2. The fourth-order valence-electron chi connectivity index (χ4n) is 7.46. The van der Waals surface area contributed by atoms with Crippen molar-refractivity contribution >= 4 is 23.6 Å². The van der Waals surface area contributed by atoms with Gasteiger partial charge in [0.25, 0.3) is 0 Å². The van der Waals surface area contributed by atoms with Crippen molar-refractivity contribution in [3.8, 4) is 5.75 Å². The monoisotopic (exact) mass is 720 g/mol. The van der Waals surface area contributed by atoms with E-state index in [1.54, 1.807) is 18.2 Å². The first-order valence-electron chi connectivity index (χ1n) is 19.1. The number of carbonyl (C=O) groups is 4. The average Bonchev–Trinajstić information content (AvgIpc) is 3.52. The molecule has 2 aliphatic rings. The molecule has 4 amide bonds. The van der Waals surface area contributed by atoms with Gasteiger partial charge >= 0.3 is 0 Å². The minimum absolute atomic E-state index is 0.0306. The molecule has 11 nitrogen and oxygen atoms in total. The highest BCUT2D eigenvalue weighted by atomic mass is 16.5. The molecule has 286 valence electrons. The molecule has 11 heteroatoms. The highest BCUT2D eigenvalue weighted by molar-refractivity contribution is 5.92. The maximum Gasteiger partial charge on any atom is 0.243 e. The van der Waals surface area contributed by atoms with E-state index in [0.717, 1.165) is 31.2 Å². The predicted octanol–water partition coefficient (Wildman–Crippen LogP) is 4.58. The fraction of sp³-hybridized carbons (Fsp3) is 0.610. The van der Waals surface area contributed by atoms with E-state index in [2.05, 4.69) is 16.0 Å². The van der Waals surface area contributed by atoms with Crippen LogP contribution in [0.25, 0.3) is 0 Å². The third kappa shape index (κ3) is 11.8. The summed E-state index contributed by atoms with van der Waals surface area (Å²) in [5.41, 5.74) is 2.22. The number of nitrogens with zero attached hydrogens (tertiary/aromatic N) is 1. The lowest BCUT2D eigenvalue weighted by Gasteiger charge is -2.36. The number of nitrogens with one attached hydrogen (secondary N) is 3. The van der Waals surface area contributed by atoms with Crippen molar-refractivity contribution in [2.24, 2.45) is 17.8 Å². The number of hydrogen-bond donors (Lipinski definition) is 5. The van der Waals surface area contributed by atoms with Crippen LogP contribution in [0.4, 0.5) is 0 Å². The van der Waals surface area contributed by atoms with Crippen LogP contribution in [0.5, 0.6) is 5.75 Å². The summed E-state index contributed by atoms with van der Waals surface area (Å²) < 4.78 is 5.95. The van der Waals surface area contributed by atoms with Crippen molar-refractivity contribution in [2.75, 3.05) is 13.2 Å². The van der Waals surface area contributed by atoms with Crippen LogP contribution in [0.2, 0.25) is 0 Å². The van der Waals surface area contributed by atoms with Gasteiger partial charge in [-0.1, -0.05) is 96.2 Å². The molecule has 0 bridgehead atoms. The molecule has 1 aliphatic heterocycles. The van der Waals surface area contributed by atoms with Crippen LogP contribution >= 0.6 is 0 Å². The molecule has 4 rings (SSSR count). The van der Waals surface area contributed by atoms with Crippen molar-refractivity contribution in [1.29, 1.82) is 0 Å². The smallest absolute Gasteiger partial charge is 0.243 e. The molecule has 1 fully saturated rings. The SMILES string of the molecule is CC(=O)N(C1COc2ccc(CO)cc21)[C@@H](Cc1ccccc1)C(=O)N[C@@H](CC(C)C)C(=O)NC(CC1CCCCC1)C(O)CC(=O)NCC(C)C. The quantitative estimate of drug-likeness (QED) is 0.151. The molecule has 3 unspecified atom stereocenters. The predicted molar refractivity (Wildman–Crippen MR) is 200 cm³/mol. The second-order valence-corrected chi connectivity index (χ2v) is 15.5. The highest BCUT2D eigenvalue weighted by Gasteiger charge is 2.40. The molecule has 52 heavy (non-hydrogen) atoms. The van der Waals surface area contributed by atoms with Crippen molar-refractivity contribution in [3.05, 3.63) is 65.2 Å². The number of rotatable bonds is 18. The van der Waals surface area contributed by atoms with E-state index in [1.807, 2.05) is 58.0 Å². The Kier molecular flexibility index (Phi) is 15.5. The lowest BCUT2D eigenvalue weighted by atomic mass is 9.83. The molecule has 2 aromatic carbocycles. The van der Waals surface area contributed by atoms with Crippen molar-refractivity contribution in [1.82, 2.24) is 20.9 Å². The molecule has 0 radical (unpaired) electrons. The second-order valence-electron chi connectivity index (χ2n) is 15.5.